The highest BCUT2D eigenvalue weighted by atomic mass is 32.1. The van der Waals surface area contributed by atoms with Crippen molar-refractivity contribution in [3.05, 3.63) is 45.4 Å². The molecule has 2 aromatic rings. The molecule has 0 radical (unpaired) electrons. The molecule has 17 heavy (non-hydrogen) atoms. The zero-order valence-electron chi connectivity index (χ0n) is 9.82. The molecule has 0 unspecified atom stereocenters. The fourth-order valence-electron chi connectivity index (χ4n) is 1.55. The van der Waals surface area contributed by atoms with E-state index in [9.17, 15) is 0 Å². The maximum absolute atomic E-state index is 8.86. The van der Waals surface area contributed by atoms with Crippen molar-refractivity contribution in [2.45, 2.75) is 20.4 Å². The quantitative estimate of drug-likeness (QED) is 0.900. The number of anilines is 1. The summed E-state index contributed by atoms with van der Waals surface area (Å²) < 4.78 is 0. The Morgan fingerprint density at radius 1 is 1.41 bits per heavy atom. The van der Waals surface area contributed by atoms with Gasteiger partial charge in [-0.3, -0.25) is 0 Å². The summed E-state index contributed by atoms with van der Waals surface area (Å²) in [6, 6.07) is 7.81. The number of rotatable bonds is 3. The molecule has 0 spiro atoms. The van der Waals surface area contributed by atoms with Gasteiger partial charge < -0.3 is 5.32 Å². The number of aromatic nitrogens is 1. The summed E-state index contributed by atoms with van der Waals surface area (Å²) in [5, 5.41) is 13.3. The van der Waals surface area contributed by atoms with Crippen molar-refractivity contribution in [2.75, 3.05) is 5.32 Å². The van der Waals surface area contributed by atoms with Crippen LogP contribution in [0.4, 0.5) is 5.69 Å². The van der Waals surface area contributed by atoms with E-state index in [1.807, 2.05) is 38.2 Å². The molecule has 1 aromatic heterocycles. The number of hydrogen-bond donors (Lipinski definition) is 1. The van der Waals surface area contributed by atoms with Crippen molar-refractivity contribution in [3.8, 4) is 6.07 Å². The van der Waals surface area contributed by atoms with Gasteiger partial charge in [-0.2, -0.15) is 5.26 Å². The van der Waals surface area contributed by atoms with Gasteiger partial charge >= 0.3 is 0 Å². The van der Waals surface area contributed by atoms with Crippen LogP contribution in [0.25, 0.3) is 0 Å². The second-order valence-electron chi connectivity index (χ2n) is 3.84. The normalized spacial score (nSPS) is 9.94. The highest BCUT2D eigenvalue weighted by Crippen LogP contribution is 2.19. The van der Waals surface area contributed by atoms with E-state index in [0.717, 1.165) is 22.8 Å². The number of nitriles is 1. The zero-order chi connectivity index (χ0) is 12.3. The number of nitrogens with one attached hydrogen (secondary N) is 1. The first-order valence-corrected chi connectivity index (χ1v) is 6.16. The number of hydrogen-bond acceptors (Lipinski definition) is 4. The third-order valence-corrected chi connectivity index (χ3v) is 3.40. The highest BCUT2D eigenvalue weighted by Gasteiger charge is 2.02. The molecule has 1 aromatic carbocycles. The molecule has 1 heterocycles. The molecule has 0 fully saturated rings. The minimum absolute atomic E-state index is 0.679. The van der Waals surface area contributed by atoms with Gasteiger partial charge in [0.1, 0.15) is 0 Å². The molecular weight excluding hydrogens is 230 g/mol. The van der Waals surface area contributed by atoms with E-state index in [4.69, 9.17) is 5.26 Å². The smallest absolute Gasteiger partial charge is 0.0992 e. The monoisotopic (exact) mass is 243 g/mol. The topological polar surface area (TPSA) is 48.7 Å². The van der Waals surface area contributed by atoms with E-state index in [-0.39, 0.29) is 0 Å². The lowest BCUT2D eigenvalue weighted by Gasteiger charge is -2.08. The van der Waals surface area contributed by atoms with Crippen LogP contribution in [0.15, 0.2) is 24.4 Å². The molecule has 4 heteroatoms. The molecule has 0 saturated heterocycles. The lowest BCUT2D eigenvalue weighted by Crippen LogP contribution is -1.99. The fourth-order valence-corrected chi connectivity index (χ4v) is 2.29. The predicted octanol–water partition coefficient (Wildman–Crippen LogP) is 3.24. The number of nitrogens with zero attached hydrogens (tertiary/aromatic N) is 2. The molecule has 86 valence electrons. The van der Waals surface area contributed by atoms with Gasteiger partial charge in [0.2, 0.25) is 0 Å². The van der Waals surface area contributed by atoms with E-state index in [0.29, 0.717) is 5.56 Å². The van der Waals surface area contributed by atoms with E-state index in [1.54, 1.807) is 11.3 Å². The fraction of sp³-hybridized carbons (Fsp3) is 0.231. The lowest BCUT2D eigenvalue weighted by atomic mass is 10.1. The third kappa shape index (κ3) is 2.83. The maximum atomic E-state index is 8.86. The van der Waals surface area contributed by atoms with E-state index in [1.165, 1.54) is 4.88 Å². The van der Waals surface area contributed by atoms with Gasteiger partial charge in [0.05, 0.1) is 23.2 Å². The second kappa shape index (κ2) is 4.98. The van der Waals surface area contributed by atoms with Crippen molar-refractivity contribution >= 4 is 17.0 Å². The summed E-state index contributed by atoms with van der Waals surface area (Å²) >= 11 is 1.68. The van der Waals surface area contributed by atoms with E-state index >= 15 is 0 Å². The molecule has 2 rings (SSSR count). The van der Waals surface area contributed by atoms with Gasteiger partial charge in [0.25, 0.3) is 0 Å². The molecule has 0 aliphatic rings. The average molecular weight is 243 g/mol. The Kier molecular flexibility index (Phi) is 3.40. The summed E-state index contributed by atoms with van der Waals surface area (Å²) in [4.78, 5) is 5.41. The predicted molar refractivity (Wildman–Crippen MR) is 70.1 cm³/mol. The lowest BCUT2D eigenvalue weighted by molar-refractivity contribution is 1.16. The van der Waals surface area contributed by atoms with Crippen LogP contribution in [0.5, 0.6) is 0 Å². The van der Waals surface area contributed by atoms with Gasteiger partial charge in [-0.1, -0.05) is 6.07 Å². The van der Waals surface area contributed by atoms with Crippen LogP contribution in [-0.2, 0) is 6.54 Å². The van der Waals surface area contributed by atoms with Crippen LogP contribution in [0.3, 0.4) is 0 Å². The van der Waals surface area contributed by atoms with Gasteiger partial charge in [0.15, 0.2) is 0 Å². The van der Waals surface area contributed by atoms with Gasteiger partial charge in [-0.25, -0.2) is 4.98 Å². The van der Waals surface area contributed by atoms with Crippen LogP contribution in [0.1, 0.15) is 21.0 Å². The van der Waals surface area contributed by atoms with E-state index < -0.39 is 0 Å². The van der Waals surface area contributed by atoms with Crippen LogP contribution < -0.4 is 5.32 Å². The summed E-state index contributed by atoms with van der Waals surface area (Å²) in [5.74, 6) is 0. The Morgan fingerprint density at radius 3 is 2.88 bits per heavy atom. The summed E-state index contributed by atoms with van der Waals surface area (Å²) in [6.07, 6.45) is 1.89. The summed E-state index contributed by atoms with van der Waals surface area (Å²) in [5.41, 5.74) is 2.83. The first kappa shape index (κ1) is 11.6. The Bertz CT molecular complexity index is 566. The van der Waals surface area contributed by atoms with Gasteiger partial charge in [-0.15, -0.1) is 11.3 Å². The SMILES string of the molecule is Cc1ncc(CNc2cc(C#N)ccc2C)s1. The molecule has 0 bridgehead atoms. The van der Waals surface area contributed by atoms with Crippen LogP contribution in [-0.4, -0.2) is 4.98 Å². The van der Waals surface area contributed by atoms with Crippen LogP contribution in [0, 0.1) is 25.2 Å². The number of aryl methyl sites for hydroxylation is 2. The minimum Gasteiger partial charge on any atom is -0.380 e. The zero-order valence-corrected chi connectivity index (χ0v) is 10.6. The largest absolute Gasteiger partial charge is 0.380 e. The first-order valence-electron chi connectivity index (χ1n) is 5.35. The Morgan fingerprint density at radius 2 is 2.24 bits per heavy atom. The standard InChI is InChI=1S/C13H13N3S/c1-9-3-4-11(6-14)5-13(9)16-8-12-7-15-10(2)17-12/h3-5,7,16H,8H2,1-2H3. The Labute approximate surface area is 105 Å². The minimum atomic E-state index is 0.679. The third-order valence-electron chi connectivity index (χ3n) is 2.49. The van der Waals surface area contributed by atoms with Crippen molar-refractivity contribution in [1.82, 2.24) is 4.98 Å². The Hall–Kier alpha value is -1.86. The van der Waals surface area contributed by atoms with Crippen LogP contribution in [0.2, 0.25) is 0 Å². The number of benzene rings is 1. The molecule has 0 saturated carbocycles. The molecule has 3 nitrogen and oxygen atoms in total. The van der Waals surface area contributed by atoms with Crippen molar-refractivity contribution < 1.29 is 0 Å². The molecule has 0 atom stereocenters. The highest BCUT2D eigenvalue weighted by molar-refractivity contribution is 7.11. The summed E-state index contributed by atoms with van der Waals surface area (Å²) in [7, 11) is 0. The van der Waals surface area contributed by atoms with Gasteiger partial charge in [-0.05, 0) is 31.5 Å². The maximum Gasteiger partial charge on any atom is 0.0992 e. The van der Waals surface area contributed by atoms with Gasteiger partial charge in [0, 0.05) is 16.8 Å². The van der Waals surface area contributed by atoms with Crippen molar-refractivity contribution in [2.24, 2.45) is 0 Å². The summed E-state index contributed by atoms with van der Waals surface area (Å²) in [6.45, 7) is 4.78. The molecule has 0 amide bonds. The second-order valence-corrected chi connectivity index (χ2v) is 5.16. The average Bonchev–Trinajstić information content (AvgIpc) is 2.74. The molecule has 0 aliphatic heterocycles. The van der Waals surface area contributed by atoms with E-state index in [2.05, 4.69) is 16.4 Å². The first-order chi connectivity index (χ1) is 8.19. The molecule has 0 aliphatic carbocycles. The van der Waals surface area contributed by atoms with Crippen molar-refractivity contribution in [3.63, 3.8) is 0 Å². The van der Waals surface area contributed by atoms with Crippen LogP contribution >= 0.6 is 11.3 Å². The molecular formula is C13H13N3S. The Balaban J connectivity index is 2.11. The molecule has 1 N–H and O–H groups in total. The van der Waals surface area contributed by atoms with Crippen molar-refractivity contribution in [1.29, 1.82) is 5.26 Å². The number of thiazole rings is 1.